The van der Waals surface area contributed by atoms with Crippen LogP contribution in [-0.4, -0.2) is 37.9 Å². The summed E-state index contributed by atoms with van der Waals surface area (Å²) in [6.07, 6.45) is -0.631. The molecule has 0 bridgehead atoms. The Kier molecular flexibility index (Phi) is 7.09. The summed E-state index contributed by atoms with van der Waals surface area (Å²) in [5.74, 6) is 0.888. The maximum absolute atomic E-state index is 12.3. The SMILES string of the molecule is COc1ccc(C(C)NC(=O)[C@@H](C)NC(=O)OC(C)(C)C)cc1OC. The van der Waals surface area contributed by atoms with Crippen molar-refractivity contribution >= 4 is 12.0 Å². The number of amides is 2. The van der Waals surface area contributed by atoms with Crippen molar-refractivity contribution in [1.82, 2.24) is 10.6 Å². The van der Waals surface area contributed by atoms with E-state index in [1.807, 2.05) is 13.0 Å². The van der Waals surface area contributed by atoms with Gasteiger partial charge in [0, 0.05) is 0 Å². The average molecular weight is 352 g/mol. The molecule has 0 aromatic heterocycles. The van der Waals surface area contributed by atoms with E-state index < -0.39 is 17.7 Å². The molecule has 2 amide bonds. The molecule has 0 fully saturated rings. The predicted molar refractivity (Wildman–Crippen MR) is 94.9 cm³/mol. The summed E-state index contributed by atoms with van der Waals surface area (Å²) in [5.41, 5.74) is 0.239. The third kappa shape index (κ3) is 6.52. The van der Waals surface area contributed by atoms with Crippen molar-refractivity contribution in [2.24, 2.45) is 0 Å². The monoisotopic (exact) mass is 352 g/mol. The second-order valence-electron chi connectivity index (χ2n) is 6.71. The van der Waals surface area contributed by atoms with Crippen LogP contribution in [0.5, 0.6) is 11.5 Å². The third-order valence-electron chi connectivity index (χ3n) is 3.39. The fourth-order valence-electron chi connectivity index (χ4n) is 2.09. The van der Waals surface area contributed by atoms with E-state index in [4.69, 9.17) is 14.2 Å². The predicted octanol–water partition coefficient (Wildman–Crippen LogP) is 2.79. The van der Waals surface area contributed by atoms with Crippen LogP contribution in [0.3, 0.4) is 0 Å². The number of hydrogen-bond acceptors (Lipinski definition) is 5. The van der Waals surface area contributed by atoms with Crippen molar-refractivity contribution < 1.29 is 23.8 Å². The first-order valence-corrected chi connectivity index (χ1v) is 8.09. The summed E-state index contributed by atoms with van der Waals surface area (Å²) < 4.78 is 15.6. The Balaban J connectivity index is 2.68. The van der Waals surface area contributed by atoms with E-state index in [1.54, 1.807) is 54.0 Å². The standard InChI is InChI=1S/C18H28N2O5/c1-11(13-8-9-14(23-6)15(10-13)24-7)19-16(21)12(2)20-17(22)25-18(3,4)5/h8-12H,1-7H3,(H,19,21)(H,20,22)/t11?,12-/m1/s1. The highest BCUT2D eigenvalue weighted by atomic mass is 16.6. The molecule has 25 heavy (non-hydrogen) atoms. The van der Waals surface area contributed by atoms with E-state index >= 15 is 0 Å². The lowest BCUT2D eigenvalue weighted by Gasteiger charge is -2.23. The number of ether oxygens (including phenoxy) is 3. The molecule has 0 aliphatic rings. The number of methoxy groups -OCH3 is 2. The number of carbonyl (C=O) groups is 2. The summed E-state index contributed by atoms with van der Waals surface area (Å²) in [6, 6.07) is 4.43. The lowest BCUT2D eigenvalue weighted by atomic mass is 10.1. The van der Waals surface area contributed by atoms with Gasteiger partial charge in [-0.2, -0.15) is 0 Å². The fraction of sp³-hybridized carbons (Fsp3) is 0.556. The highest BCUT2D eigenvalue weighted by Gasteiger charge is 2.22. The van der Waals surface area contributed by atoms with E-state index in [0.29, 0.717) is 11.5 Å². The van der Waals surface area contributed by atoms with E-state index in [9.17, 15) is 9.59 Å². The number of carbonyl (C=O) groups excluding carboxylic acids is 2. The Morgan fingerprint density at radius 2 is 1.60 bits per heavy atom. The van der Waals surface area contributed by atoms with Crippen LogP contribution >= 0.6 is 0 Å². The Labute approximate surface area is 149 Å². The normalized spacial score (nSPS) is 13.4. The second kappa shape index (κ2) is 8.60. The molecule has 7 heteroatoms. The van der Waals surface area contributed by atoms with E-state index in [-0.39, 0.29) is 11.9 Å². The van der Waals surface area contributed by atoms with E-state index in [1.165, 1.54) is 0 Å². The van der Waals surface area contributed by atoms with Crippen molar-refractivity contribution in [2.75, 3.05) is 14.2 Å². The number of alkyl carbamates (subject to hydrolysis) is 1. The minimum atomic E-state index is -0.725. The van der Waals surface area contributed by atoms with Gasteiger partial charge in [0.1, 0.15) is 11.6 Å². The van der Waals surface area contributed by atoms with Gasteiger partial charge in [-0.15, -0.1) is 0 Å². The quantitative estimate of drug-likeness (QED) is 0.822. The molecule has 0 radical (unpaired) electrons. The molecule has 0 saturated heterocycles. The molecule has 1 rings (SSSR count). The Morgan fingerprint density at radius 3 is 2.12 bits per heavy atom. The van der Waals surface area contributed by atoms with E-state index in [2.05, 4.69) is 10.6 Å². The maximum atomic E-state index is 12.3. The lowest BCUT2D eigenvalue weighted by Crippen LogP contribution is -2.47. The minimum absolute atomic E-state index is 0.268. The summed E-state index contributed by atoms with van der Waals surface area (Å²) in [7, 11) is 3.12. The summed E-state index contributed by atoms with van der Waals surface area (Å²) >= 11 is 0. The fourth-order valence-corrected chi connectivity index (χ4v) is 2.09. The van der Waals surface area contributed by atoms with Gasteiger partial charge in [0.05, 0.1) is 20.3 Å². The van der Waals surface area contributed by atoms with Crippen LogP contribution in [0.25, 0.3) is 0 Å². The molecule has 0 saturated carbocycles. The molecular formula is C18H28N2O5. The smallest absolute Gasteiger partial charge is 0.408 e. The van der Waals surface area contributed by atoms with E-state index in [0.717, 1.165) is 5.56 Å². The van der Waals surface area contributed by atoms with Gasteiger partial charge >= 0.3 is 6.09 Å². The van der Waals surface area contributed by atoms with Crippen molar-refractivity contribution in [3.63, 3.8) is 0 Å². The maximum Gasteiger partial charge on any atom is 0.408 e. The molecule has 0 aliphatic carbocycles. The first-order chi connectivity index (χ1) is 11.6. The second-order valence-corrected chi connectivity index (χ2v) is 6.71. The number of hydrogen-bond donors (Lipinski definition) is 2. The topological polar surface area (TPSA) is 85.9 Å². The van der Waals surface area contributed by atoms with Gasteiger partial charge in [-0.25, -0.2) is 4.79 Å². The van der Waals surface area contributed by atoms with Gasteiger partial charge in [-0.1, -0.05) is 6.07 Å². The van der Waals surface area contributed by atoms with Crippen LogP contribution in [0.1, 0.15) is 46.2 Å². The summed E-state index contributed by atoms with van der Waals surface area (Å²) in [5, 5.41) is 5.36. The first kappa shape index (κ1) is 20.6. The molecule has 1 aromatic carbocycles. The van der Waals surface area contributed by atoms with Crippen LogP contribution in [0.2, 0.25) is 0 Å². The van der Waals surface area contributed by atoms with Crippen molar-refractivity contribution in [2.45, 2.75) is 52.3 Å². The molecule has 2 N–H and O–H groups in total. The molecule has 1 unspecified atom stereocenters. The molecule has 0 spiro atoms. The highest BCUT2D eigenvalue weighted by molar-refractivity contribution is 5.85. The van der Waals surface area contributed by atoms with Gasteiger partial charge in [-0.3, -0.25) is 4.79 Å². The molecule has 0 heterocycles. The molecule has 2 atom stereocenters. The Morgan fingerprint density at radius 1 is 1.00 bits per heavy atom. The van der Waals surface area contributed by atoms with Gasteiger partial charge in [0.15, 0.2) is 11.5 Å². The van der Waals surface area contributed by atoms with Crippen molar-refractivity contribution in [1.29, 1.82) is 0 Å². The van der Waals surface area contributed by atoms with Gasteiger partial charge < -0.3 is 24.8 Å². The molecule has 140 valence electrons. The number of benzene rings is 1. The van der Waals surface area contributed by atoms with Crippen LogP contribution in [0, 0.1) is 0 Å². The molecular weight excluding hydrogens is 324 g/mol. The summed E-state index contributed by atoms with van der Waals surface area (Å²) in [6.45, 7) is 8.73. The van der Waals surface area contributed by atoms with Gasteiger partial charge in [0.25, 0.3) is 0 Å². The molecule has 7 nitrogen and oxygen atoms in total. The molecule has 0 aliphatic heterocycles. The Hall–Kier alpha value is -2.44. The minimum Gasteiger partial charge on any atom is -0.493 e. The van der Waals surface area contributed by atoms with Gasteiger partial charge in [-0.05, 0) is 52.3 Å². The number of rotatable bonds is 6. The molecule has 1 aromatic rings. The third-order valence-corrected chi connectivity index (χ3v) is 3.39. The van der Waals surface area contributed by atoms with Crippen LogP contribution in [-0.2, 0) is 9.53 Å². The zero-order valence-electron chi connectivity index (χ0n) is 15.9. The zero-order chi connectivity index (χ0) is 19.2. The zero-order valence-corrected chi connectivity index (χ0v) is 15.9. The largest absolute Gasteiger partial charge is 0.493 e. The Bertz CT molecular complexity index is 610. The van der Waals surface area contributed by atoms with Crippen molar-refractivity contribution in [3.05, 3.63) is 23.8 Å². The first-order valence-electron chi connectivity index (χ1n) is 8.09. The van der Waals surface area contributed by atoms with Crippen LogP contribution in [0.15, 0.2) is 18.2 Å². The van der Waals surface area contributed by atoms with Crippen LogP contribution < -0.4 is 20.1 Å². The van der Waals surface area contributed by atoms with Crippen LogP contribution in [0.4, 0.5) is 4.79 Å². The highest BCUT2D eigenvalue weighted by Crippen LogP contribution is 2.29. The average Bonchev–Trinajstić information content (AvgIpc) is 2.51. The van der Waals surface area contributed by atoms with Gasteiger partial charge in [0.2, 0.25) is 5.91 Å². The summed E-state index contributed by atoms with van der Waals surface area (Å²) in [4.78, 5) is 24.0. The lowest BCUT2D eigenvalue weighted by molar-refractivity contribution is -0.123. The number of nitrogens with one attached hydrogen (secondary N) is 2. The van der Waals surface area contributed by atoms with Crippen molar-refractivity contribution in [3.8, 4) is 11.5 Å².